The molecule has 0 saturated heterocycles. The molecule has 0 aliphatic heterocycles. The fraction of sp³-hybridized carbons (Fsp3) is 0.321. The molecule has 0 bridgehead atoms. The third kappa shape index (κ3) is 4.28. The van der Waals surface area contributed by atoms with E-state index in [1.54, 1.807) is 31.2 Å². The number of carbonyl (C=O) groups is 2. The average Bonchev–Trinajstić information content (AvgIpc) is 2.74. The molecule has 0 radical (unpaired) electrons. The second-order valence-corrected chi connectivity index (χ2v) is 10.2. The summed E-state index contributed by atoms with van der Waals surface area (Å²) in [5.74, 6) is -0.443. The van der Waals surface area contributed by atoms with Crippen molar-refractivity contribution in [3.63, 3.8) is 0 Å². The summed E-state index contributed by atoms with van der Waals surface area (Å²) in [6.45, 7) is 9.69. The van der Waals surface area contributed by atoms with Gasteiger partial charge >= 0.3 is 0 Å². The number of rotatable bonds is 4. The molecule has 1 amide bonds. The molecule has 1 aliphatic rings. The number of nitrogens with zero attached hydrogens (tertiary/aromatic N) is 1. The van der Waals surface area contributed by atoms with Crippen molar-refractivity contribution in [3.05, 3.63) is 86.8 Å². The molecule has 6 nitrogen and oxygen atoms in total. The van der Waals surface area contributed by atoms with Crippen molar-refractivity contribution in [3.8, 4) is 11.4 Å². The number of ketones is 1. The number of aryl methyl sites for hydroxylation is 1. The van der Waals surface area contributed by atoms with Crippen LogP contribution in [0.2, 0.25) is 0 Å². The maximum Gasteiger partial charge on any atom is 0.268 e. The molecule has 0 saturated carbocycles. The number of para-hydroxylation sites is 1. The number of aromatic hydroxyl groups is 1. The lowest BCUT2D eigenvalue weighted by atomic mass is 9.75. The molecule has 0 fully saturated rings. The SMILES string of the molecule is Cc1cc(O)c(C(C)C)cc1NC(=O)c1cc2c(n(-c3ccccc3)c1=O)CC(C)(C)CC2=O. The highest BCUT2D eigenvalue weighted by atomic mass is 16.3. The van der Waals surface area contributed by atoms with Crippen LogP contribution < -0.4 is 10.9 Å². The average molecular weight is 459 g/mol. The number of amides is 1. The van der Waals surface area contributed by atoms with Crippen LogP contribution in [0.25, 0.3) is 5.69 Å². The van der Waals surface area contributed by atoms with Gasteiger partial charge in [0.2, 0.25) is 0 Å². The van der Waals surface area contributed by atoms with Gasteiger partial charge in [0, 0.05) is 29.1 Å². The van der Waals surface area contributed by atoms with Crippen molar-refractivity contribution in [1.82, 2.24) is 4.57 Å². The van der Waals surface area contributed by atoms with E-state index in [1.807, 2.05) is 45.9 Å². The fourth-order valence-electron chi connectivity index (χ4n) is 4.62. The Bertz CT molecular complexity index is 1350. The molecule has 176 valence electrons. The molecule has 2 N–H and O–H groups in total. The number of hydrogen-bond acceptors (Lipinski definition) is 4. The number of benzene rings is 2. The fourth-order valence-corrected chi connectivity index (χ4v) is 4.62. The summed E-state index contributed by atoms with van der Waals surface area (Å²) in [7, 11) is 0. The van der Waals surface area contributed by atoms with Crippen LogP contribution in [-0.4, -0.2) is 21.4 Å². The molecule has 1 aromatic heterocycles. The van der Waals surface area contributed by atoms with E-state index in [1.165, 1.54) is 10.6 Å². The predicted molar refractivity (Wildman–Crippen MR) is 133 cm³/mol. The molecule has 6 heteroatoms. The van der Waals surface area contributed by atoms with Crippen LogP contribution in [0.5, 0.6) is 5.75 Å². The number of fused-ring (bicyclic) bond motifs is 1. The quantitative estimate of drug-likeness (QED) is 0.514. The number of carbonyl (C=O) groups excluding carboxylic acids is 2. The summed E-state index contributed by atoms with van der Waals surface area (Å²) in [5.41, 5.74) is 2.72. The Balaban J connectivity index is 1.87. The summed E-state index contributed by atoms with van der Waals surface area (Å²) < 4.78 is 1.51. The summed E-state index contributed by atoms with van der Waals surface area (Å²) in [6, 6.07) is 13.9. The second kappa shape index (κ2) is 8.60. The van der Waals surface area contributed by atoms with Gasteiger partial charge in [-0.15, -0.1) is 0 Å². The number of phenols is 1. The monoisotopic (exact) mass is 458 g/mol. The maximum atomic E-state index is 13.7. The standard InChI is InChI=1S/C28H30N2O4/c1-16(2)19-13-22(17(3)11-24(19)31)29-26(33)21-12-20-23(14-28(4,5)15-25(20)32)30(27(21)34)18-9-7-6-8-10-18/h6-13,16,31H,14-15H2,1-5H3,(H,29,33). The molecular formula is C28H30N2O4. The minimum Gasteiger partial charge on any atom is -0.508 e. The van der Waals surface area contributed by atoms with Gasteiger partial charge in [-0.1, -0.05) is 45.9 Å². The number of aromatic nitrogens is 1. The van der Waals surface area contributed by atoms with Crippen LogP contribution in [-0.2, 0) is 6.42 Å². The summed E-state index contributed by atoms with van der Waals surface area (Å²) in [5, 5.41) is 13.1. The Hall–Kier alpha value is -3.67. The first-order valence-electron chi connectivity index (χ1n) is 11.5. The molecule has 3 aromatic rings. The Labute approximate surface area is 199 Å². The van der Waals surface area contributed by atoms with E-state index in [-0.39, 0.29) is 28.4 Å². The van der Waals surface area contributed by atoms with Crippen molar-refractivity contribution in [2.24, 2.45) is 5.41 Å². The van der Waals surface area contributed by atoms with Gasteiger partial charge in [0.25, 0.3) is 11.5 Å². The van der Waals surface area contributed by atoms with E-state index >= 15 is 0 Å². The van der Waals surface area contributed by atoms with Crippen LogP contribution in [0.15, 0.2) is 53.3 Å². The third-order valence-electron chi connectivity index (χ3n) is 6.39. The van der Waals surface area contributed by atoms with Gasteiger partial charge in [-0.25, -0.2) is 0 Å². The lowest BCUT2D eigenvalue weighted by molar-refractivity contribution is 0.0908. The van der Waals surface area contributed by atoms with Crippen molar-refractivity contribution < 1.29 is 14.7 Å². The van der Waals surface area contributed by atoms with Crippen LogP contribution in [0.4, 0.5) is 5.69 Å². The van der Waals surface area contributed by atoms with Crippen molar-refractivity contribution in [1.29, 1.82) is 0 Å². The maximum absolute atomic E-state index is 13.7. The number of hydrogen-bond donors (Lipinski definition) is 2. The largest absolute Gasteiger partial charge is 0.508 e. The number of phenolic OH excluding ortho intramolecular Hbond substituents is 1. The molecule has 0 unspecified atom stereocenters. The highest BCUT2D eigenvalue weighted by Crippen LogP contribution is 2.36. The van der Waals surface area contributed by atoms with Gasteiger partial charge < -0.3 is 10.4 Å². The lowest BCUT2D eigenvalue weighted by Crippen LogP contribution is -2.37. The minimum absolute atomic E-state index is 0.0521. The molecule has 0 spiro atoms. The van der Waals surface area contributed by atoms with Gasteiger partial charge in [0.1, 0.15) is 11.3 Å². The second-order valence-electron chi connectivity index (χ2n) is 10.2. The molecule has 0 atom stereocenters. The van der Waals surface area contributed by atoms with Crippen LogP contribution >= 0.6 is 0 Å². The summed E-state index contributed by atoms with van der Waals surface area (Å²) in [6.07, 6.45) is 0.901. The first kappa shape index (κ1) is 23.5. The molecule has 4 rings (SSSR count). The van der Waals surface area contributed by atoms with E-state index in [9.17, 15) is 19.5 Å². The number of pyridine rings is 1. The van der Waals surface area contributed by atoms with E-state index in [4.69, 9.17) is 0 Å². The Kier molecular flexibility index (Phi) is 5.94. The lowest BCUT2D eigenvalue weighted by Gasteiger charge is -2.32. The minimum atomic E-state index is -0.585. The van der Waals surface area contributed by atoms with Crippen molar-refractivity contribution in [2.45, 2.75) is 53.4 Å². The van der Waals surface area contributed by atoms with Gasteiger partial charge in [-0.2, -0.15) is 0 Å². The molecular weight excluding hydrogens is 428 g/mol. The number of anilines is 1. The van der Waals surface area contributed by atoms with Gasteiger partial charge in [0.05, 0.1) is 0 Å². The Morgan fingerprint density at radius 1 is 1.06 bits per heavy atom. The van der Waals surface area contributed by atoms with E-state index in [2.05, 4.69) is 5.32 Å². The number of Topliss-reactive ketones (excluding diaryl/α,β-unsaturated/α-hetero) is 1. The molecule has 34 heavy (non-hydrogen) atoms. The predicted octanol–water partition coefficient (Wildman–Crippen LogP) is 5.38. The highest BCUT2D eigenvalue weighted by molar-refractivity contribution is 6.07. The van der Waals surface area contributed by atoms with Gasteiger partial charge in [-0.05, 0) is 66.1 Å². The van der Waals surface area contributed by atoms with Crippen molar-refractivity contribution in [2.75, 3.05) is 5.32 Å². The normalized spacial score (nSPS) is 14.7. The first-order chi connectivity index (χ1) is 16.0. The zero-order chi connectivity index (χ0) is 24.8. The Morgan fingerprint density at radius 2 is 1.74 bits per heavy atom. The zero-order valence-corrected chi connectivity index (χ0v) is 20.2. The molecule has 1 heterocycles. The van der Waals surface area contributed by atoms with E-state index in [0.29, 0.717) is 46.6 Å². The van der Waals surface area contributed by atoms with Gasteiger partial charge in [0.15, 0.2) is 5.78 Å². The first-order valence-corrected chi connectivity index (χ1v) is 11.5. The van der Waals surface area contributed by atoms with Gasteiger partial charge in [-0.3, -0.25) is 19.0 Å². The zero-order valence-electron chi connectivity index (χ0n) is 20.2. The van der Waals surface area contributed by atoms with Crippen LogP contribution in [0, 0.1) is 12.3 Å². The molecule has 1 aliphatic carbocycles. The van der Waals surface area contributed by atoms with E-state index < -0.39 is 11.5 Å². The topological polar surface area (TPSA) is 88.4 Å². The summed E-state index contributed by atoms with van der Waals surface area (Å²) >= 11 is 0. The van der Waals surface area contributed by atoms with Crippen LogP contribution in [0.1, 0.15) is 77.6 Å². The third-order valence-corrected chi connectivity index (χ3v) is 6.39. The number of nitrogens with one attached hydrogen (secondary N) is 1. The Morgan fingerprint density at radius 3 is 2.38 bits per heavy atom. The van der Waals surface area contributed by atoms with Crippen LogP contribution in [0.3, 0.4) is 0 Å². The summed E-state index contributed by atoms with van der Waals surface area (Å²) in [4.78, 5) is 40.1. The smallest absolute Gasteiger partial charge is 0.268 e. The van der Waals surface area contributed by atoms with E-state index in [0.717, 1.165) is 0 Å². The molecule has 2 aromatic carbocycles. The highest BCUT2D eigenvalue weighted by Gasteiger charge is 2.35. The van der Waals surface area contributed by atoms with Crippen molar-refractivity contribution >= 4 is 17.4 Å².